The van der Waals surface area contributed by atoms with Gasteiger partial charge in [0.15, 0.2) is 17.5 Å². The van der Waals surface area contributed by atoms with Crippen LogP contribution in [0.5, 0.6) is 0 Å². The molecule has 12 aromatic rings. The first kappa shape index (κ1) is 31.2. The quantitative estimate of drug-likeness (QED) is 0.169. The van der Waals surface area contributed by atoms with Crippen LogP contribution in [0, 0.1) is 0 Å². The Balaban J connectivity index is 1.12. The Bertz CT molecular complexity index is 3470. The van der Waals surface area contributed by atoms with Crippen LogP contribution in [0.2, 0.25) is 0 Å². The summed E-state index contributed by atoms with van der Waals surface area (Å²) in [4.78, 5) is 15.1. The van der Waals surface area contributed by atoms with Gasteiger partial charge in [-0.15, -0.1) is 11.3 Å². The van der Waals surface area contributed by atoms with Gasteiger partial charge < -0.3 is 4.57 Å². The van der Waals surface area contributed by atoms with E-state index in [1.165, 1.54) is 74.3 Å². The van der Waals surface area contributed by atoms with Crippen LogP contribution in [0.4, 0.5) is 0 Å². The molecule has 0 fully saturated rings. The molecule has 0 atom stereocenters. The first-order valence-corrected chi connectivity index (χ1v) is 19.7. The summed E-state index contributed by atoms with van der Waals surface area (Å²) in [5.74, 6) is 1.96. The van der Waals surface area contributed by atoms with Gasteiger partial charge in [-0.25, -0.2) is 15.0 Å². The molecule has 260 valence electrons. The van der Waals surface area contributed by atoms with E-state index < -0.39 is 0 Å². The Labute approximate surface area is 325 Å². The van der Waals surface area contributed by atoms with Crippen LogP contribution >= 0.6 is 11.3 Å². The van der Waals surface area contributed by atoms with Crippen molar-refractivity contribution >= 4 is 85.6 Å². The Morgan fingerprint density at radius 1 is 0.339 bits per heavy atom. The number of thiophene rings is 1. The van der Waals surface area contributed by atoms with E-state index in [-0.39, 0.29) is 0 Å². The minimum Gasteiger partial charge on any atom is -0.308 e. The number of hydrogen-bond donors (Lipinski definition) is 0. The van der Waals surface area contributed by atoms with Crippen molar-refractivity contribution in [2.75, 3.05) is 0 Å². The smallest absolute Gasteiger partial charge is 0.164 e. The van der Waals surface area contributed by atoms with Crippen LogP contribution in [0.1, 0.15) is 0 Å². The van der Waals surface area contributed by atoms with E-state index in [4.69, 9.17) is 15.0 Å². The summed E-state index contributed by atoms with van der Waals surface area (Å²) in [7, 11) is 0. The normalized spacial score (nSPS) is 11.9. The van der Waals surface area contributed by atoms with Crippen LogP contribution in [0.25, 0.3) is 114 Å². The molecule has 0 amide bonds. The maximum Gasteiger partial charge on any atom is 0.164 e. The molecule has 0 N–H and O–H groups in total. The number of para-hydroxylation sites is 1. The van der Waals surface area contributed by atoms with Crippen LogP contribution in [-0.2, 0) is 0 Å². The van der Waals surface area contributed by atoms with Gasteiger partial charge in [0.1, 0.15) is 0 Å². The fourth-order valence-electron chi connectivity index (χ4n) is 8.66. The molecule has 56 heavy (non-hydrogen) atoms. The number of nitrogens with zero attached hydrogens (tertiary/aromatic N) is 4. The Hall–Kier alpha value is -7.21. The summed E-state index contributed by atoms with van der Waals surface area (Å²) >= 11 is 1.88. The summed E-state index contributed by atoms with van der Waals surface area (Å²) in [5, 5.41) is 12.4. The molecular formula is C51H30N4S. The maximum atomic E-state index is 5.07. The minimum atomic E-state index is 0.648. The predicted octanol–water partition coefficient (Wildman–Crippen LogP) is 13.8. The molecule has 0 bridgehead atoms. The molecule has 0 aliphatic rings. The zero-order valence-electron chi connectivity index (χ0n) is 30.0. The first-order chi connectivity index (χ1) is 27.8. The Morgan fingerprint density at radius 2 is 0.839 bits per heavy atom. The van der Waals surface area contributed by atoms with Crippen molar-refractivity contribution in [3.8, 4) is 39.9 Å². The second-order valence-electron chi connectivity index (χ2n) is 14.4. The fraction of sp³-hybridized carbons (Fsp3) is 0. The Morgan fingerprint density at radius 3 is 1.57 bits per heavy atom. The fourth-order valence-corrected chi connectivity index (χ4v) is 9.90. The average molecular weight is 731 g/mol. The molecule has 4 nitrogen and oxygen atoms in total. The van der Waals surface area contributed by atoms with Crippen molar-refractivity contribution in [1.82, 2.24) is 19.5 Å². The number of benzene rings is 9. The van der Waals surface area contributed by atoms with Gasteiger partial charge in [0, 0.05) is 48.6 Å². The third-order valence-electron chi connectivity index (χ3n) is 11.2. The van der Waals surface area contributed by atoms with E-state index >= 15 is 0 Å². The molecule has 9 aromatic carbocycles. The lowest BCUT2D eigenvalue weighted by atomic mass is 9.93. The lowest BCUT2D eigenvalue weighted by molar-refractivity contribution is 1.07. The summed E-state index contributed by atoms with van der Waals surface area (Å²) in [6.45, 7) is 0. The van der Waals surface area contributed by atoms with E-state index in [2.05, 4.69) is 150 Å². The Kier molecular flexibility index (Phi) is 6.76. The van der Waals surface area contributed by atoms with Crippen LogP contribution in [-0.4, -0.2) is 19.5 Å². The van der Waals surface area contributed by atoms with Crippen LogP contribution in [0.15, 0.2) is 182 Å². The van der Waals surface area contributed by atoms with Gasteiger partial charge in [0.25, 0.3) is 0 Å². The van der Waals surface area contributed by atoms with Crippen molar-refractivity contribution in [2.45, 2.75) is 0 Å². The van der Waals surface area contributed by atoms with Gasteiger partial charge in [-0.3, -0.25) is 0 Å². The van der Waals surface area contributed by atoms with Gasteiger partial charge in [0.2, 0.25) is 0 Å². The summed E-state index contributed by atoms with van der Waals surface area (Å²) < 4.78 is 5.11. The molecular weight excluding hydrogens is 701 g/mol. The molecule has 0 radical (unpaired) electrons. The molecule has 0 aliphatic heterocycles. The zero-order valence-corrected chi connectivity index (χ0v) is 30.8. The highest BCUT2D eigenvalue weighted by atomic mass is 32.1. The standard InChI is InChI=1S/C51H30N4S/c1-3-13-31(14-4-1)49-52-50(32-15-5-2-6-16-32)54-51(53-49)33-23-25-37-35-17-7-8-18-36(35)44-30-34(24-26-38(44)43(37)29-33)55-45-21-11-9-19-39(45)41-27-28-42-40-20-10-12-22-46(40)56-48(42)47(41)55/h1-30H. The molecule has 12 rings (SSSR count). The zero-order chi connectivity index (χ0) is 36.7. The first-order valence-electron chi connectivity index (χ1n) is 18.9. The van der Waals surface area contributed by atoms with Gasteiger partial charge in [-0.05, 0) is 62.6 Å². The largest absolute Gasteiger partial charge is 0.308 e. The third kappa shape index (κ3) is 4.68. The number of hydrogen-bond acceptors (Lipinski definition) is 4. The topological polar surface area (TPSA) is 43.6 Å². The van der Waals surface area contributed by atoms with Crippen molar-refractivity contribution in [1.29, 1.82) is 0 Å². The highest BCUT2D eigenvalue weighted by Crippen LogP contribution is 2.44. The van der Waals surface area contributed by atoms with Crippen molar-refractivity contribution in [2.24, 2.45) is 0 Å². The monoisotopic (exact) mass is 730 g/mol. The predicted molar refractivity (Wildman–Crippen MR) is 236 cm³/mol. The highest BCUT2D eigenvalue weighted by molar-refractivity contribution is 7.26. The summed E-state index contributed by atoms with van der Waals surface area (Å²) in [6.07, 6.45) is 0. The molecule has 0 aliphatic carbocycles. The molecule has 0 saturated carbocycles. The minimum absolute atomic E-state index is 0.648. The van der Waals surface area contributed by atoms with Gasteiger partial charge >= 0.3 is 0 Å². The molecule has 0 spiro atoms. The third-order valence-corrected chi connectivity index (χ3v) is 12.4. The van der Waals surface area contributed by atoms with E-state index in [0.717, 1.165) is 22.4 Å². The van der Waals surface area contributed by atoms with Crippen molar-refractivity contribution in [3.63, 3.8) is 0 Å². The lowest BCUT2D eigenvalue weighted by Crippen LogP contribution is -2.00. The van der Waals surface area contributed by atoms with E-state index in [0.29, 0.717) is 17.5 Å². The molecule has 0 unspecified atom stereocenters. The highest BCUT2D eigenvalue weighted by Gasteiger charge is 2.20. The maximum absolute atomic E-state index is 5.07. The second kappa shape index (κ2) is 12.2. The van der Waals surface area contributed by atoms with Crippen LogP contribution < -0.4 is 0 Å². The number of aromatic nitrogens is 4. The molecule has 5 heteroatoms. The molecule has 3 aromatic heterocycles. The van der Waals surface area contributed by atoms with Gasteiger partial charge in [-0.2, -0.15) is 0 Å². The average Bonchev–Trinajstić information content (AvgIpc) is 3.83. The SMILES string of the molecule is c1ccc(-c2nc(-c3ccccc3)nc(-c3ccc4c5ccccc5c5cc(-n6c7ccccc7c7ccc8c9ccccc9sc8c76)ccc5c4c3)n2)cc1. The number of fused-ring (bicyclic) bond motifs is 13. The molecule has 3 heterocycles. The van der Waals surface area contributed by atoms with Gasteiger partial charge in [-0.1, -0.05) is 152 Å². The summed E-state index contributed by atoms with van der Waals surface area (Å²) in [6, 6.07) is 65.0. The van der Waals surface area contributed by atoms with E-state index in [1.54, 1.807) is 0 Å². The van der Waals surface area contributed by atoms with Gasteiger partial charge in [0.05, 0.1) is 15.7 Å². The van der Waals surface area contributed by atoms with Crippen LogP contribution in [0.3, 0.4) is 0 Å². The summed E-state index contributed by atoms with van der Waals surface area (Å²) in [5.41, 5.74) is 6.47. The lowest BCUT2D eigenvalue weighted by Gasteiger charge is -2.15. The van der Waals surface area contributed by atoms with E-state index in [9.17, 15) is 0 Å². The van der Waals surface area contributed by atoms with Crippen molar-refractivity contribution in [3.05, 3.63) is 182 Å². The molecule has 0 saturated heterocycles. The van der Waals surface area contributed by atoms with E-state index in [1.807, 2.05) is 47.7 Å². The second-order valence-corrected chi connectivity index (χ2v) is 15.4. The van der Waals surface area contributed by atoms with Crippen molar-refractivity contribution < 1.29 is 0 Å². The number of rotatable bonds is 4.